The Kier molecular flexibility index (Phi) is 6.64. The van der Waals surface area contributed by atoms with E-state index in [4.69, 9.17) is 0 Å². The Hall–Kier alpha value is -3.47. The van der Waals surface area contributed by atoms with E-state index < -0.39 is 5.91 Å². The lowest BCUT2D eigenvalue weighted by Crippen LogP contribution is -2.29. The molecule has 1 N–H and O–H groups in total. The molecular formula is C25H25N5OS. The smallest absolute Gasteiger partial charge is 0.268 e. The zero-order valence-corrected chi connectivity index (χ0v) is 19.0. The quantitative estimate of drug-likeness (QED) is 0.454. The van der Waals surface area contributed by atoms with Crippen molar-refractivity contribution in [2.24, 2.45) is 0 Å². The summed E-state index contributed by atoms with van der Waals surface area (Å²) in [5.74, 6) is -0.434. The Morgan fingerprint density at radius 1 is 1.22 bits per heavy atom. The molecular weight excluding hydrogens is 418 g/mol. The van der Waals surface area contributed by atoms with E-state index in [0.29, 0.717) is 5.13 Å². The first kappa shape index (κ1) is 21.8. The second kappa shape index (κ2) is 9.77. The Bertz CT molecular complexity index is 1160. The summed E-state index contributed by atoms with van der Waals surface area (Å²) < 4.78 is 0. The van der Waals surface area contributed by atoms with Crippen molar-refractivity contribution in [3.8, 4) is 6.07 Å². The molecule has 32 heavy (non-hydrogen) atoms. The van der Waals surface area contributed by atoms with Crippen LogP contribution in [-0.2, 0) is 24.3 Å². The summed E-state index contributed by atoms with van der Waals surface area (Å²) in [6.45, 7) is 2.60. The van der Waals surface area contributed by atoms with Gasteiger partial charge in [-0.25, -0.2) is 4.98 Å². The Balaban J connectivity index is 1.42. The van der Waals surface area contributed by atoms with Crippen molar-refractivity contribution in [1.82, 2.24) is 9.88 Å². The van der Waals surface area contributed by atoms with E-state index >= 15 is 0 Å². The van der Waals surface area contributed by atoms with Crippen LogP contribution in [0.15, 0.2) is 60.2 Å². The fraction of sp³-hybridized carbons (Fsp3) is 0.240. The summed E-state index contributed by atoms with van der Waals surface area (Å²) in [7, 11) is 3.93. The number of rotatable bonds is 6. The molecule has 1 aromatic heterocycles. The van der Waals surface area contributed by atoms with Crippen LogP contribution in [0.3, 0.4) is 0 Å². The first-order valence-corrected chi connectivity index (χ1v) is 11.3. The first-order chi connectivity index (χ1) is 15.5. The maximum absolute atomic E-state index is 12.7. The van der Waals surface area contributed by atoms with Crippen LogP contribution in [0.2, 0.25) is 0 Å². The molecule has 4 rings (SSSR count). The lowest BCUT2D eigenvalue weighted by molar-refractivity contribution is -0.112. The molecule has 0 fully saturated rings. The van der Waals surface area contributed by atoms with Crippen LogP contribution in [-0.4, -0.2) is 36.4 Å². The molecule has 7 heteroatoms. The van der Waals surface area contributed by atoms with E-state index in [9.17, 15) is 10.1 Å². The van der Waals surface area contributed by atoms with Crippen LogP contribution >= 0.6 is 11.3 Å². The van der Waals surface area contributed by atoms with Gasteiger partial charge in [-0.2, -0.15) is 5.26 Å². The highest BCUT2D eigenvalue weighted by Gasteiger charge is 2.22. The van der Waals surface area contributed by atoms with Crippen molar-refractivity contribution in [2.45, 2.75) is 19.5 Å². The number of carbonyl (C=O) groups excluding carboxylic acids is 1. The molecule has 0 saturated heterocycles. The predicted octanol–water partition coefficient (Wildman–Crippen LogP) is 4.31. The topological polar surface area (TPSA) is 72.3 Å². The van der Waals surface area contributed by atoms with E-state index in [2.05, 4.69) is 39.5 Å². The zero-order valence-electron chi connectivity index (χ0n) is 18.2. The third-order valence-electron chi connectivity index (χ3n) is 5.36. The minimum Gasteiger partial charge on any atom is -0.378 e. The van der Waals surface area contributed by atoms with Gasteiger partial charge in [-0.3, -0.25) is 15.0 Å². The predicted molar refractivity (Wildman–Crippen MR) is 129 cm³/mol. The number of hydrogen-bond donors (Lipinski definition) is 1. The van der Waals surface area contributed by atoms with Crippen molar-refractivity contribution in [2.75, 3.05) is 30.9 Å². The molecule has 0 aliphatic carbocycles. The molecule has 1 aliphatic rings. The number of amides is 1. The average molecular weight is 444 g/mol. The summed E-state index contributed by atoms with van der Waals surface area (Å²) in [6.07, 6.45) is 2.51. The van der Waals surface area contributed by atoms with Crippen LogP contribution in [0.1, 0.15) is 21.7 Å². The van der Waals surface area contributed by atoms with Gasteiger partial charge in [0.2, 0.25) is 0 Å². The van der Waals surface area contributed by atoms with Crippen molar-refractivity contribution in [3.63, 3.8) is 0 Å². The first-order valence-electron chi connectivity index (χ1n) is 10.5. The van der Waals surface area contributed by atoms with E-state index in [1.54, 1.807) is 6.08 Å². The van der Waals surface area contributed by atoms with E-state index in [1.165, 1.54) is 21.8 Å². The molecule has 0 spiro atoms. The summed E-state index contributed by atoms with van der Waals surface area (Å²) >= 11 is 1.50. The maximum Gasteiger partial charge on any atom is 0.268 e. The van der Waals surface area contributed by atoms with Gasteiger partial charge in [0.1, 0.15) is 11.6 Å². The summed E-state index contributed by atoms with van der Waals surface area (Å²) in [4.78, 5) is 22.9. The SMILES string of the molecule is CN(C)c1ccc(/C=C(\C#N)C(=O)Nc2nc3c(s2)CCN(Cc2ccccc2)C3)cc1. The fourth-order valence-corrected chi connectivity index (χ4v) is 4.59. The number of aromatic nitrogens is 1. The number of nitriles is 1. The van der Waals surface area contributed by atoms with Crippen LogP contribution in [0.5, 0.6) is 0 Å². The van der Waals surface area contributed by atoms with E-state index in [-0.39, 0.29) is 5.57 Å². The number of benzene rings is 2. The highest BCUT2D eigenvalue weighted by atomic mass is 32.1. The van der Waals surface area contributed by atoms with Crippen LogP contribution in [0.25, 0.3) is 6.08 Å². The van der Waals surface area contributed by atoms with Gasteiger partial charge < -0.3 is 4.90 Å². The number of thiazole rings is 1. The third-order valence-corrected chi connectivity index (χ3v) is 6.43. The average Bonchev–Trinajstić information content (AvgIpc) is 3.19. The molecule has 2 heterocycles. The second-order valence-corrected chi connectivity index (χ2v) is 9.03. The number of hydrogen-bond acceptors (Lipinski definition) is 6. The molecule has 1 aliphatic heterocycles. The van der Waals surface area contributed by atoms with Crippen molar-refractivity contribution in [1.29, 1.82) is 5.26 Å². The van der Waals surface area contributed by atoms with Gasteiger partial charge in [0, 0.05) is 44.3 Å². The number of nitrogens with one attached hydrogen (secondary N) is 1. The minimum atomic E-state index is -0.434. The van der Waals surface area contributed by atoms with Crippen LogP contribution in [0, 0.1) is 11.3 Å². The summed E-state index contributed by atoms with van der Waals surface area (Å²) in [5.41, 5.74) is 4.20. The molecule has 0 atom stereocenters. The van der Waals surface area contributed by atoms with Gasteiger partial charge in [0.25, 0.3) is 5.91 Å². The van der Waals surface area contributed by atoms with Gasteiger partial charge in [-0.15, -0.1) is 11.3 Å². The van der Waals surface area contributed by atoms with Crippen LogP contribution < -0.4 is 10.2 Å². The van der Waals surface area contributed by atoms with Crippen LogP contribution in [0.4, 0.5) is 10.8 Å². The Labute approximate surface area is 192 Å². The Morgan fingerprint density at radius 2 is 1.97 bits per heavy atom. The standard InChI is InChI=1S/C25H25N5OS/c1-29(2)21-10-8-18(9-11-21)14-20(15-26)24(31)28-25-27-22-17-30(13-12-23(22)32-25)16-19-6-4-3-5-7-19/h3-11,14H,12-13,16-17H2,1-2H3,(H,27,28,31)/b20-14+. The minimum absolute atomic E-state index is 0.0569. The fourth-order valence-electron chi connectivity index (χ4n) is 3.63. The second-order valence-electron chi connectivity index (χ2n) is 7.95. The molecule has 0 saturated carbocycles. The largest absolute Gasteiger partial charge is 0.378 e. The van der Waals surface area contributed by atoms with Gasteiger partial charge >= 0.3 is 0 Å². The number of anilines is 2. The Morgan fingerprint density at radius 3 is 2.66 bits per heavy atom. The number of carbonyl (C=O) groups is 1. The van der Waals surface area contributed by atoms with Crippen molar-refractivity contribution in [3.05, 3.63) is 81.9 Å². The van der Waals surface area contributed by atoms with Gasteiger partial charge in [-0.1, -0.05) is 42.5 Å². The third kappa shape index (κ3) is 5.22. The lowest BCUT2D eigenvalue weighted by atomic mass is 10.1. The van der Waals surface area contributed by atoms with Gasteiger partial charge in [-0.05, 0) is 35.8 Å². The molecule has 162 valence electrons. The van der Waals surface area contributed by atoms with E-state index in [0.717, 1.165) is 43.0 Å². The lowest BCUT2D eigenvalue weighted by Gasteiger charge is -2.25. The zero-order chi connectivity index (χ0) is 22.5. The normalized spacial score (nSPS) is 13.8. The maximum atomic E-state index is 12.7. The number of nitrogens with zero attached hydrogens (tertiary/aromatic N) is 4. The molecule has 0 bridgehead atoms. The highest BCUT2D eigenvalue weighted by molar-refractivity contribution is 7.15. The highest BCUT2D eigenvalue weighted by Crippen LogP contribution is 2.29. The van der Waals surface area contributed by atoms with Gasteiger partial charge in [0.15, 0.2) is 5.13 Å². The summed E-state index contributed by atoms with van der Waals surface area (Å²) in [5, 5.41) is 12.9. The monoisotopic (exact) mass is 443 g/mol. The molecule has 0 unspecified atom stereocenters. The van der Waals surface area contributed by atoms with Crippen molar-refractivity contribution >= 4 is 34.1 Å². The summed E-state index contributed by atoms with van der Waals surface area (Å²) in [6, 6.07) is 20.1. The van der Waals surface area contributed by atoms with E-state index in [1.807, 2.05) is 55.4 Å². The molecule has 2 aromatic carbocycles. The molecule has 0 radical (unpaired) electrons. The molecule has 1 amide bonds. The molecule has 6 nitrogen and oxygen atoms in total. The number of fused-ring (bicyclic) bond motifs is 1. The molecule has 3 aromatic rings. The van der Waals surface area contributed by atoms with Crippen molar-refractivity contribution < 1.29 is 4.79 Å². The van der Waals surface area contributed by atoms with Gasteiger partial charge in [0.05, 0.1) is 5.69 Å².